The molecule has 0 N–H and O–H groups in total. The summed E-state index contributed by atoms with van der Waals surface area (Å²) in [5.74, 6) is 11.7. The first-order chi connectivity index (χ1) is 71.0. The fourth-order valence-electron chi connectivity index (χ4n) is 23.0. The van der Waals surface area contributed by atoms with Gasteiger partial charge in [-0.3, -0.25) is 0 Å². The molecule has 0 heteroatoms. The van der Waals surface area contributed by atoms with Crippen LogP contribution in [0.4, 0.5) is 0 Å². The van der Waals surface area contributed by atoms with Gasteiger partial charge in [0.1, 0.15) is 0 Å². The van der Waals surface area contributed by atoms with Gasteiger partial charge in [-0.1, -0.05) is 640 Å². The lowest BCUT2D eigenvalue weighted by atomic mass is 9.56. The average Bonchev–Trinajstić information content (AvgIpc) is 1.58. The van der Waals surface area contributed by atoms with E-state index in [0.717, 1.165) is 89.3 Å². The Bertz CT molecular complexity index is 3470. The fraction of sp³-hybridized carbons (Fsp3) is 0.710. The minimum atomic E-state index is 0.383. The van der Waals surface area contributed by atoms with Crippen molar-refractivity contribution in [3.63, 3.8) is 0 Å². The van der Waals surface area contributed by atoms with Crippen molar-refractivity contribution >= 4 is 0 Å². The summed E-state index contributed by atoms with van der Waals surface area (Å²) in [6, 6.07) is 64.0. The maximum atomic E-state index is 2.67. The van der Waals surface area contributed by atoms with Gasteiger partial charge in [-0.2, -0.15) is 0 Å². The molecule has 6 saturated carbocycles. The van der Waals surface area contributed by atoms with Crippen molar-refractivity contribution in [1.29, 1.82) is 0 Å². The molecule has 6 fully saturated rings. The Morgan fingerprint density at radius 2 is 0.414 bits per heavy atom. The molecule has 7 aromatic carbocycles. The predicted molar refractivity (Wildman–Crippen MR) is 696 cm³/mol. The normalized spacial score (nSPS) is 23.1. The van der Waals surface area contributed by atoms with Crippen LogP contribution in [0.15, 0.2) is 170 Å². The van der Waals surface area contributed by atoms with E-state index in [4.69, 9.17) is 0 Å². The maximum Gasteiger partial charge on any atom is -0.00151 e. The molecule has 0 bridgehead atoms. The van der Waals surface area contributed by atoms with Gasteiger partial charge in [-0.05, 0) is 293 Å². The van der Waals surface area contributed by atoms with Gasteiger partial charge in [-0.15, -0.1) is 0 Å². The minimum absolute atomic E-state index is 0.383. The largest absolute Gasteiger partial charge is 0.0683 e. The van der Waals surface area contributed by atoms with Crippen LogP contribution in [0, 0.1) is 78.4 Å². The molecule has 0 spiro atoms. The number of hydrogen-bond acceptors (Lipinski definition) is 0. The number of rotatable bonds is 6. The van der Waals surface area contributed by atoms with E-state index in [1.807, 2.05) is 388 Å². The van der Waals surface area contributed by atoms with Crippen LogP contribution >= 0.6 is 0 Å². The molecule has 860 valence electrons. The van der Waals surface area contributed by atoms with Crippen LogP contribution in [-0.4, -0.2) is 0 Å². The first-order valence-corrected chi connectivity index (χ1v) is 64.5. The van der Waals surface area contributed by atoms with Crippen molar-refractivity contribution in [3.05, 3.63) is 248 Å². The lowest BCUT2D eigenvalue weighted by Gasteiger charge is -2.49. The zero-order chi connectivity index (χ0) is 118. The highest BCUT2D eigenvalue weighted by Crippen LogP contribution is 2.67. The fourth-order valence-corrected chi connectivity index (χ4v) is 23.0. The molecule has 6 unspecified atom stereocenters. The van der Waals surface area contributed by atoms with Gasteiger partial charge >= 0.3 is 0 Å². The van der Waals surface area contributed by atoms with Crippen LogP contribution in [0.25, 0.3) is 0 Å². The van der Waals surface area contributed by atoms with Gasteiger partial charge in [0.15, 0.2) is 0 Å². The van der Waals surface area contributed by atoms with Crippen LogP contribution in [0.2, 0.25) is 0 Å². The molecule has 9 aliphatic carbocycles. The molecular weight excluding hydrogens is 1740 g/mol. The van der Waals surface area contributed by atoms with Gasteiger partial charge in [0.25, 0.3) is 0 Å². The van der Waals surface area contributed by atoms with E-state index < -0.39 is 0 Å². The van der Waals surface area contributed by atoms with E-state index in [9.17, 15) is 0 Å². The highest BCUT2D eigenvalue weighted by Gasteiger charge is 2.59. The molecule has 0 saturated heterocycles. The first-order valence-electron chi connectivity index (χ1n) is 64.5. The summed E-state index contributed by atoms with van der Waals surface area (Å²) in [4.78, 5) is 0. The molecule has 16 rings (SSSR count). The van der Waals surface area contributed by atoms with Crippen molar-refractivity contribution in [3.8, 4) is 0 Å². The third-order valence-electron chi connectivity index (χ3n) is 28.6. The van der Waals surface area contributed by atoms with Crippen molar-refractivity contribution in [1.82, 2.24) is 0 Å². The molecule has 0 amide bonds. The highest BCUT2D eigenvalue weighted by molar-refractivity contribution is 5.47. The quantitative estimate of drug-likeness (QED) is 0.156. The van der Waals surface area contributed by atoms with Gasteiger partial charge in [0.05, 0.1) is 0 Å². The van der Waals surface area contributed by atoms with E-state index >= 15 is 0 Å². The summed E-state index contributed by atoms with van der Waals surface area (Å²) in [7, 11) is 0. The van der Waals surface area contributed by atoms with Crippen LogP contribution in [0.1, 0.15) is 636 Å². The van der Waals surface area contributed by atoms with Crippen LogP contribution in [-0.2, 0) is 48.3 Å². The van der Waals surface area contributed by atoms with E-state index in [-0.39, 0.29) is 0 Å². The van der Waals surface area contributed by atoms with Crippen LogP contribution in [0.3, 0.4) is 0 Å². The lowest BCUT2D eigenvalue weighted by molar-refractivity contribution is 0.0230. The Morgan fingerprint density at radius 3 is 0.655 bits per heavy atom. The van der Waals surface area contributed by atoms with Crippen LogP contribution in [0.5, 0.6) is 0 Å². The first kappa shape index (κ1) is 175. The van der Waals surface area contributed by atoms with E-state index in [2.05, 4.69) is 253 Å². The smallest absolute Gasteiger partial charge is 0.00151 e. The number of fused-ring (bicyclic) bond motifs is 12. The SMILES string of the molecule is CC.CC.CC.CC.CC.CC.CC.CC.CC.CC.CC.CC.CC.CC.CC.CC.CC.CC.CC.CC.CC.CC.CC.CC.CC.CC.CC.CC.CCc1ccccc1C1C[C@H]2CC3CCCC3[C@@]2(C)[C@@H](C)C1.CCc1ccccc1C1C[C@H]2Cc3ccccc3[C@@]2(C)[C@@H](C)C1.Cc1ccccc1C1C[C@H]2Cc3ccccc3[C@@]2(C)[C@@H](C)C1.Cc1ccccc1C1C[C@H]2Cc3ccccc3[C@@]2(C)[C@@H](C)C1. The average molecular weight is 2020 g/mol. The Kier molecular flexibility index (Phi) is 146. The van der Waals surface area contributed by atoms with Crippen LogP contribution < -0.4 is 0 Å². The highest BCUT2D eigenvalue weighted by atomic mass is 14.6. The Hall–Kier alpha value is -5.46. The molecule has 9 aliphatic rings. The molecule has 0 nitrogen and oxygen atoms in total. The zero-order valence-corrected chi connectivity index (χ0v) is 113. The second kappa shape index (κ2) is 120. The summed E-state index contributed by atoms with van der Waals surface area (Å²) in [6.45, 7) is 141. The van der Waals surface area contributed by atoms with Gasteiger partial charge in [0, 0.05) is 0 Å². The number of hydrogen-bond donors (Lipinski definition) is 0. The molecule has 7 aromatic rings. The van der Waals surface area contributed by atoms with Crippen molar-refractivity contribution < 1.29 is 0 Å². The molecule has 0 aliphatic heterocycles. The second-order valence-corrected chi connectivity index (χ2v) is 32.2. The molecule has 0 aromatic heterocycles. The molecule has 0 heterocycles. The molecule has 0 radical (unpaired) electrons. The predicted octanol–water partition coefficient (Wildman–Crippen LogP) is 52.1. The van der Waals surface area contributed by atoms with Crippen molar-refractivity contribution in [2.45, 2.75) is 620 Å². The molecular formula is C145H280. The third-order valence-corrected chi connectivity index (χ3v) is 28.6. The third kappa shape index (κ3) is 52.6. The monoisotopic (exact) mass is 2020 g/mol. The van der Waals surface area contributed by atoms with E-state index in [1.54, 1.807) is 66.8 Å². The van der Waals surface area contributed by atoms with Gasteiger partial charge < -0.3 is 0 Å². The maximum absolute atomic E-state index is 2.67. The minimum Gasteiger partial charge on any atom is -0.0683 e. The van der Waals surface area contributed by atoms with Gasteiger partial charge in [-0.25, -0.2) is 0 Å². The summed E-state index contributed by atoms with van der Waals surface area (Å²) in [5.41, 5.74) is 24.1. The topological polar surface area (TPSA) is 0 Å². The summed E-state index contributed by atoms with van der Waals surface area (Å²) < 4.78 is 0. The van der Waals surface area contributed by atoms with Crippen molar-refractivity contribution in [2.24, 2.45) is 64.6 Å². The number of benzene rings is 7. The second-order valence-electron chi connectivity index (χ2n) is 32.2. The van der Waals surface area contributed by atoms with E-state index in [1.165, 1.54) is 114 Å². The number of aryl methyl sites for hydroxylation is 4. The standard InChI is InChI=1S/C23H28.2C22H26.C22H32.28C2H6/c1-4-17-9-5-7-11-21(17)19-13-16(2)23(3)20(15-19)14-18-10-6-8-12-22(18)23;2*1-15-8-4-6-10-20(15)18-12-16(2)22(3)19(14-18)13-17-9-5-7-11-21(17)22;1-4-16-8-5-6-10-20(16)18-12-15(2)22(3)19(14-18)13-17-9-7-11-21(17)22;28*1-2/h5-12,16,19-20H,4,13-15H2,1-3H3;2*4-11,16,18-19H,12-14H2,1-3H3;5-6,8,10,15,17-19,21H,4,7,9,11-14H2,1-3H3;28*1-2H3/t16-,19?,20+,23-;2*16-,18?,19+,22-;15-,17?,18?,19+,21?,22-;;;;;;;;;;;;;;;;;;;;;;;;;;;;/m0000............................/s1. The summed E-state index contributed by atoms with van der Waals surface area (Å²) >= 11 is 0. The summed E-state index contributed by atoms with van der Waals surface area (Å²) in [6.07, 6.45) is 23.2. The Balaban J connectivity index is -0.0000000939. The Labute approximate surface area is 925 Å². The van der Waals surface area contributed by atoms with Gasteiger partial charge in [0.2, 0.25) is 0 Å². The molecule has 18 atom stereocenters. The van der Waals surface area contributed by atoms with E-state index in [0.29, 0.717) is 21.7 Å². The lowest BCUT2D eigenvalue weighted by Crippen LogP contribution is -2.41. The molecule has 145 heavy (non-hydrogen) atoms. The van der Waals surface area contributed by atoms with Crippen molar-refractivity contribution in [2.75, 3.05) is 0 Å². The zero-order valence-electron chi connectivity index (χ0n) is 113. The Morgan fingerprint density at radius 1 is 0.214 bits per heavy atom. The summed E-state index contributed by atoms with van der Waals surface area (Å²) in [5, 5.41) is 0.